The quantitative estimate of drug-likeness (QED) is 0.259. The number of carbonyl (C=O) groups excluding carboxylic acids is 2. The molecule has 0 spiro atoms. The van der Waals surface area contributed by atoms with Crippen LogP contribution in [0.5, 0.6) is 0 Å². The first-order chi connectivity index (χ1) is 17.8. The Morgan fingerprint density at radius 3 is 2.24 bits per heavy atom. The summed E-state index contributed by atoms with van der Waals surface area (Å²) in [6.45, 7) is 6.20. The summed E-state index contributed by atoms with van der Waals surface area (Å²) in [4.78, 5) is 29.0. The normalized spacial score (nSPS) is 12.6. The highest BCUT2D eigenvalue weighted by molar-refractivity contribution is 7.99. The van der Waals surface area contributed by atoms with Crippen molar-refractivity contribution in [1.82, 2.24) is 10.2 Å². The van der Waals surface area contributed by atoms with Crippen LogP contribution in [0.25, 0.3) is 0 Å². The van der Waals surface area contributed by atoms with Crippen molar-refractivity contribution < 1.29 is 9.59 Å². The molecular weight excluding hydrogens is 523 g/mol. The summed E-state index contributed by atoms with van der Waals surface area (Å²) in [5.41, 5.74) is 3.99. The molecule has 0 unspecified atom stereocenters. The molecule has 0 aliphatic rings. The van der Waals surface area contributed by atoms with Gasteiger partial charge in [0.15, 0.2) is 0 Å². The molecule has 0 aliphatic heterocycles. The second-order valence-corrected chi connectivity index (χ2v) is 11.0. The maximum Gasteiger partial charge on any atom is 0.243 e. The van der Waals surface area contributed by atoms with Gasteiger partial charge in [0.1, 0.15) is 6.04 Å². The minimum Gasteiger partial charge on any atom is -0.352 e. The standard InChI is InChI=1S/C30H34Cl2N2O2S/c1-4-22(3)33-30(36)28(17-23-12-6-5-7-13-23)34(18-25-26(31)15-10-16-27(25)32)29(35)20-37-19-24-14-9-8-11-21(24)2/h5-16,22,28H,4,17-20H2,1-3H3,(H,33,36)/t22-,28-/m0/s1. The lowest BCUT2D eigenvalue weighted by Crippen LogP contribution is -2.52. The van der Waals surface area contributed by atoms with Gasteiger partial charge in [-0.1, -0.05) is 90.8 Å². The molecule has 0 fully saturated rings. The van der Waals surface area contributed by atoms with E-state index in [-0.39, 0.29) is 30.2 Å². The number of carbonyl (C=O) groups is 2. The number of amides is 2. The Kier molecular flexibility index (Phi) is 11.4. The molecule has 2 atom stereocenters. The number of nitrogens with one attached hydrogen (secondary N) is 1. The lowest BCUT2D eigenvalue weighted by molar-refractivity contribution is -0.139. The van der Waals surface area contributed by atoms with Gasteiger partial charge >= 0.3 is 0 Å². The van der Waals surface area contributed by atoms with Crippen LogP contribution in [0.2, 0.25) is 10.0 Å². The summed E-state index contributed by atoms with van der Waals surface area (Å²) in [6, 6.07) is 22.5. The molecule has 0 bridgehead atoms. The zero-order valence-electron chi connectivity index (χ0n) is 21.5. The smallest absolute Gasteiger partial charge is 0.243 e. The number of rotatable bonds is 12. The predicted octanol–water partition coefficient (Wildman–Crippen LogP) is 7.09. The molecule has 4 nitrogen and oxygen atoms in total. The molecule has 196 valence electrons. The van der Waals surface area contributed by atoms with Crippen LogP contribution in [0.15, 0.2) is 72.8 Å². The number of benzene rings is 3. The van der Waals surface area contributed by atoms with Crippen molar-refractivity contribution in [1.29, 1.82) is 0 Å². The maximum absolute atomic E-state index is 13.8. The minimum atomic E-state index is -0.713. The van der Waals surface area contributed by atoms with E-state index in [1.54, 1.807) is 34.9 Å². The van der Waals surface area contributed by atoms with E-state index in [1.807, 2.05) is 56.3 Å². The number of hydrogen-bond donors (Lipinski definition) is 1. The second-order valence-electron chi connectivity index (χ2n) is 9.16. The molecule has 0 saturated heterocycles. The molecule has 3 aromatic carbocycles. The van der Waals surface area contributed by atoms with Crippen LogP contribution in [0.1, 0.15) is 42.5 Å². The van der Waals surface area contributed by atoms with Gasteiger partial charge in [0.2, 0.25) is 11.8 Å². The molecule has 0 saturated carbocycles. The van der Waals surface area contributed by atoms with Crippen molar-refractivity contribution in [3.63, 3.8) is 0 Å². The van der Waals surface area contributed by atoms with Crippen LogP contribution in [0.3, 0.4) is 0 Å². The topological polar surface area (TPSA) is 49.4 Å². The molecule has 37 heavy (non-hydrogen) atoms. The van der Waals surface area contributed by atoms with E-state index < -0.39 is 6.04 Å². The molecule has 0 heterocycles. The lowest BCUT2D eigenvalue weighted by atomic mass is 10.0. The average molecular weight is 558 g/mol. The Hall–Kier alpha value is -2.47. The molecule has 3 aromatic rings. The van der Waals surface area contributed by atoms with Crippen molar-refractivity contribution in [2.75, 3.05) is 5.75 Å². The molecule has 7 heteroatoms. The first-order valence-electron chi connectivity index (χ1n) is 12.5. The summed E-state index contributed by atoms with van der Waals surface area (Å²) < 4.78 is 0. The Labute approximate surface area is 234 Å². The third-order valence-electron chi connectivity index (χ3n) is 6.41. The highest BCUT2D eigenvalue weighted by atomic mass is 35.5. The molecule has 3 rings (SSSR count). The number of aryl methyl sites for hydroxylation is 1. The number of hydrogen-bond acceptors (Lipinski definition) is 3. The first kappa shape index (κ1) is 29.1. The van der Waals surface area contributed by atoms with Gasteiger partial charge in [-0.3, -0.25) is 9.59 Å². The van der Waals surface area contributed by atoms with Crippen molar-refractivity contribution >= 4 is 46.8 Å². The van der Waals surface area contributed by atoms with Gasteiger partial charge in [-0.05, 0) is 49.1 Å². The highest BCUT2D eigenvalue weighted by Gasteiger charge is 2.31. The van der Waals surface area contributed by atoms with Gasteiger partial charge in [-0.2, -0.15) is 0 Å². The third-order valence-corrected chi connectivity index (χ3v) is 8.08. The fraction of sp³-hybridized carbons (Fsp3) is 0.333. The van der Waals surface area contributed by atoms with E-state index in [1.165, 1.54) is 11.1 Å². The van der Waals surface area contributed by atoms with E-state index in [2.05, 4.69) is 24.4 Å². The van der Waals surface area contributed by atoms with E-state index in [0.29, 0.717) is 27.8 Å². The Balaban J connectivity index is 1.91. The van der Waals surface area contributed by atoms with Gasteiger partial charge in [0.25, 0.3) is 0 Å². The van der Waals surface area contributed by atoms with Gasteiger partial charge in [-0.15, -0.1) is 11.8 Å². The summed E-state index contributed by atoms with van der Waals surface area (Å²) in [7, 11) is 0. The van der Waals surface area contributed by atoms with Gasteiger partial charge in [0, 0.05) is 40.4 Å². The summed E-state index contributed by atoms with van der Waals surface area (Å²) in [6.07, 6.45) is 1.18. The molecule has 0 aromatic heterocycles. The average Bonchev–Trinajstić information content (AvgIpc) is 2.89. The SMILES string of the molecule is CC[C@H](C)NC(=O)[C@H](Cc1ccccc1)N(Cc1c(Cl)cccc1Cl)C(=O)CSCc1ccccc1C. The zero-order valence-corrected chi connectivity index (χ0v) is 23.9. The van der Waals surface area contributed by atoms with Crippen LogP contribution in [-0.2, 0) is 28.3 Å². The molecular formula is C30H34Cl2N2O2S. The zero-order chi connectivity index (χ0) is 26.8. The fourth-order valence-electron chi connectivity index (χ4n) is 3.95. The predicted molar refractivity (Wildman–Crippen MR) is 156 cm³/mol. The van der Waals surface area contributed by atoms with Gasteiger partial charge in [-0.25, -0.2) is 0 Å². The molecule has 2 amide bonds. The van der Waals surface area contributed by atoms with Gasteiger partial charge in [0.05, 0.1) is 5.75 Å². The second kappa shape index (κ2) is 14.5. The Bertz CT molecular complexity index is 1170. The van der Waals surface area contributed by atoms with Crippen molar-refractivity contribution in [2.45, 2.75) is 58.0 Å². The third kappa shape index (κ3) is 8.53. The van der Waals surface area contributed by atoms with Crippen molar-refractivity contribution in [3.8, 4) is 0 Å². The number of halogens is 2. The number of nitrogens with zero attached hydrogens (tertiary/aromatic N) is 1. The lowest BCUT2D eigenvalue weighted by Gasteiger charge is -2.32. The molecule has 1 N–H and O–H groups in total. The van der Waals surface area contributed by atoms with Crippen LogP contribution in [0, 0.1) is 6.92 Å². The van der Waals surface area contributed by atoms with Crippen molar-refractivity contribution in [2.24, 2.45) is 0 Å². The van der Waals surface area contributed by atoms with Crippen LogP contribution in [-0.4, -0.2) is 34.6 Å². The van der Waals surface area contributed by atoms with Crippen LogP contribution < -0.4 is 5.32 Å². The fourth-order valence-corrected chi connectivity index (χ4v) is 5.46. The van der Waals surface area contributed by atoms with E-state index >= 15 is 0 Å². The Morgan fingerprint density at radius 1 is 0.946 bits per heavy atom. The first-order valence-corrected chi connectivity index (χ1v) is 14.4. The molecule has 0 aliphatic carbocycles. The molecule has 0 radical (unpaired) electrons. The summed E-state index contributed by atoms with van der Waals surface area (Å²) in [5, 5.41) is 4.03. The maximum atomic E-state index is 13.8. The summed E-state index contributed by atoms with van der Waals surface area (Å²) in [5.74, 6) is 0.633. The minimum absolute atomic E-state index is 0.0120. The van der Waals surface area contributed by atoms with Gasteiger partial charge < -0.3 is 10.2 Å². The number of thioether (sulfide) groups is 1. The monoisotopic (exact) mass is 556 g/mol. The Morgan fingerprint density at radius 2 is 1.59 bits per heavy atom. The van der Waals surface area contributed by atoms with Crippen LogP contribution >= 0.6 is 35.0 Å². The van der Waals surface area contributed by atoms with E-state index in [0.717, 1.165) is 12.0 Å². The summed E-state index contributed by atoms with van der Waals surface area (Å²) >= 11 is 14.5. The largest absolute Gasteiger partial charge is 0.352 e. The van der Waals surface area contributed by atoms with Crippen LogP contribution in [0.4, 0.5) is 0 Å². The van der Waals surface area contributed by atoms with E-state index in [4.69, 9.17) is 23.2 Å². The highest BCUT2D eigenvalue weighted by Crippen LogP contribution is 2.28. The van der Waals surface area contributed by atoms with E-state index in [9.17, 15) is 9.59 Å². The van der Waals surface area contributed by atoms with Crippen molar-refractivity contribution in [3.05, 3.63) is 105 Å².